The number of fused-ring (bicyclic) bond motifs is 1. The predicted octanol–water partition coefficient (Wildman–Crippen LogP) is 3.22. The Balaban J connectivity index is 1.51. The summed E-state index contributed by atoms with van der Waals surface area (Å²) in [4.78, 5) is 13.7. The molecule has 4 aliphatic rings. The monoisotopic (exact) mass is 342 g/mol. The van der Waals surface area contributed by atoms with Gasteiger partial charge in [-0.05, 0) is 12.1 Å². The van der Waals surface area contributed by atoms with Crippen molar-refractivity contribution < 1.29 is 0 Å². The van der Waals surface area contributed by atoms with Crippen LogP contribution in [-0.2, 0) is 0 Å². The van der Waals surface area contributed by atoms with E-state index in [0.717, 1.165) is 22.8 Å². The van der Waals surface area contributed by atoms with Gasteiger partial charge < -0.3 is 4.98 Å². The second-order valence-corrected chi connectivity index (χ2v) is 8.97. The molecule has 1 aromatic heterocycles. The fourth-order valence-electron chi connectivity index (χ4n) is 5.67. The Morgan fingerprint density at radius 1 is 1.17 bits per heavy atom. The summed E-state index contributed by atoms with van der Waals surface area (Å²) >= 11 is 6.08. The van der Waals surface area contributed by atoms with E-state index in [1.54, 1.807) is 0 Å². The van der Waals surface area contributed by atoms with Crippen molar-refractivity contribution in [2.75, 3.05) is 32.8 Å². The Bertz CT molecular complexity index is 803. The van der Waals surface area contributed by atoms with E-state index in [-0.39, 0.29) is 10.8 Å². The molecule has 1 aromatic carbocycles. The van der Waals surface area contributed by atoms with Crippen LogP contribution in [0.3, 0.4) is 0 Å². The molecule has 0 aliphatic carbocycles. The molecule has 126 valence electrons. The zero-order valence-electron chi connectivity index (χ0n) is 14.2. The number of aliphatic imine (C=N–C) groups is 1. The Morgan fingerprint density at radius 2 is 1.83 bits per heavy atom. The lowest BCUT2D eigenvalue weighted by atomic mass is 9.60. The van der Waals surface area contributed by atoms with Gasteiger partial charge in [-0.25, -0.2) is 0 Å². The van der Waals surface area contributed by atoms with Crippen LogP contribution in [0.5, 0.6) is 0 Å². The molecule has 4 saturated heterocycles. The Morgan fingerprint density at radius 3 is 2.50 bits per heavy atom. The first-order chi connectivity index (χ1) is 11.5. The maximum Gasteiger partial charge on any atom is 0.0655 e. The predicted molar refractivity (Wildman–Crippen MR) is 98.9 cm³/mol. The first-order valence-corrected chi connectivity index (χ1v) is 9.08. The van der Waals surface area contributed by atoms with Crippen LogP contribution in [0.1, 0.15) is 19.4 Å². The molecule has 4 bridgehead atoms. The van der Waals surface area contributed by atoms with E-state index in [9.17, 15) is 0 Å². The third kappa shape index (κ3) is 2.10. The standard InChI is InChI=1S/C19H23ClN4/c1-18-8-23-10-19(2,11-24(9-18)12-23)17(18)22-7-13-6-21-16-5-14(20)3-4-15(13)16/h3-7,17,21H,8-12H2,1-2H3. The van der Waals surface area contributed by atoms with E-state index in [2.05, 4.69) is 40.9 Å². The molecule has 1 N–H and O–H groups in total. The molecule has 0 spiro atoms. The van der Waals surface area contributed by atoms with Crippen molar-refractivity contribution in [2.24, 2.45) is 15.8 Å². The molecule has 4 fully saturated rings. The van der Waals surface area contributed by atoms with E-state index in [1.807, 2.05) is 18.3 Å². The number of H-pyrrole nitrogens is 1. The average molecular weight is 343 g/mol. The highest BCUT2D eigenvalue weighted by atomic mass is 35.5. The summed E-state index contributed by atoms with van der Waals surface area (Å²) in [5.41, 5.74) is 2.75. The Kier molecular flexibility index (Phi) is 3.01. The minimum atomic E-state index is 0.259. The quantitative estimate of drug-likeness (QED) is 0.850. The maximum atomic E-state index is 6.08. The second-order valence-electron chi connectivity index (χ2n) is 8.54. The zero-order valence-corrected chi connectivity index (χ0v) is 15.0. The molecule has 6 rings (SSSR count). The van der Waals surface area contributed by atoms with Crippen LogP contribution < -0.4 is 0 Å². The molecule has 5 heteroatoms. The van der Waals surface area contributed by atoms with Gasteiger partial charge in [0.05, 0.1) is 12.7 Å². The summed E-state index contributed by atoms with van der Waals surface area (Å²) in [5, 5.41) is 1.95. The van der Waals surface area contributed by atoms with E-state index >= 15 is 0 Å². The Labute approximate surface area is 147 Å². The van der Waals surface area contributed by atoms with Crippen LogP contribution in [0, 0.1) is 10.8 Å². The highest BCUT2D eigenvalue weighted by molar-refractivity contribution is 6.31. The molecule has 0 saturated carbocycles. The lowest BCUT2D eigenvalue weighted by Gasteiger charge is -2.65. The second kappa shape index (κ2) is 4.84. The van der Waals surface area contributed by atoms with Gasteiger partial charge in [0.2, 0.25) is 0 Å². The molecule has 0 atom stereocenters. The lowest BCUT2D eigenvalue weighted by Crippen LogP contribution is -2.75. The molecule has 2 aromatic rings. The van der Waals surface area contributed by atoms with Gasteiger partial charge in [-0.1, -0.05) is 31.5 Å². The fraction of sp³-hybridized carbons (Fsp3) is 0.526. The number of hydrogen-bond donors (Lipinski definition) is 1. The zero-order chi connectivity index (χ0) is 16.5. The van der Waals surface area contributed by atoms with Crippen molar-refractivity contribution in [1.82, 2.24) is 14.8 Å². The SMILES string of the molecule is CC12CN3CN(C1)CC(C)(C3)C2N=Cc1c[nH]c2cc(Cl)ccc12. The highest BCUT2D eigenvalue weighted by Crippen LogP contribution is 2.50. The summed E-state index contributed by atoms with van der Waals surface area (Å²) in [6.07, 6.45) is 4.12. The molecular formula is C19H23ClN4. The summed E-state index contributed by atoms with van der Waals surface area (Å²) < 4.78 is 0. The van der Waals surface area contributed by atoms with E-state index < -0.39 is 0 Å². The summed E-state index contributed by atoms with van der Waals surface area (Å²) in [7, 11) is 0. The summed E-state index contributed by atoms with van der Waals surface area (Å²) in [6, 6.07) is 6.38. The number of piperidine rings is 2. The van der Waals surface area contributed by atoms with Crippen molar-refractivity contribution in [2.45, 2.75) is 19.9 Å². The topological polar surface area (TPSA) is 34.6 Å². The average Bonchev–Trinajstić information content (AvgIpc) is 2.86. The molecule has 4 aliphatic heterocycles. The van der Waals surface area contributed by atoms with Crippen LogP contribution in [0.25, 0.3) is 10.9 Å². The lowest BCUT2D eigenvalue weighted by molar-refractivity contribution is -0.165. The highest BCUT2D eigenvalue weighted by Gasteiger charge is 2.59. The Hall–Kier alpha value is -1.36. The number of rotatable bonds is 2. The first kappa shape index (κ1) is 14.9. The van der Waals surface area contributed by atoms with Gasteiger partial charge >= 0.3 is 0 Å². The molecule has 0 amide bonds. The number of benzene rings is 1. The number of aromatic nitrogens is 1. The normalized spacial score (nSPS) is 40.9. The van der Waals surface area contributed by atoms with Gasteiger partial charge in [-0.15, -0.1) is 0 Å². The van der Waals surface area contributed by atoms with Gasteiger partial charge in [0.25, 0.3) is 0 Å². The van der Waals surface area contributed by atoms with Crippen LogP contribution in [-0.4, -0.2) is 59.9 Å². The third-order valence-corrected chi connectivity index (χ3v) is 6.33. The van der Waals surface area contributed by atoms with Crippen LogP contribution in [0.4, 0.5) is 0 Å². The first-order valence-electron chi connectivity index (χ1n) is 8.70. The van der Waals surface area contributed by atoms with Gasteiger partial charge in [-0.3, -0.25) is 14.8 Å². The van der Waals surface area contributed by atoms with Crippen molar-refractivity contribution in [1.29, 1.82) is 0 Å². The number of aromatic amines is 1. The molecule has 24 heavy (non-hydrogen) atoms. The fourth-order valence-corrected chi connectivity index (χ4v) is 5.84. The van der Waals surface area contributed by atoms with E-state index in [0.29, 0.717) is 6.04 Å². The number of hydrogen-bond acceptors (Lipinski definition) is 3. The largest absolute Gasteiger partial charge is 0.360 e. The van der Waals surface area contributed by atoms with Crippen LogP contribution in [0.15, 0.2) is 29.4 Å². The van der Waals surface area contributed by atoms with Gasteiger partial charge in [0, 0.05) is 70.9 Å². The molecule has 0 unspecified atom stereocenters. The van der Waals surface area contributed by atoms with Gasteiger partial charge in [0.15, 0.2) is 0 Å². The smallest absolute Gasteiger partial charge is 0.0655 e. The molecule has 4 nitrogen and oxygen atoms in total. The summed E-state index contributed by atoms with van der Waals surface area (Å²) in [6.45, 7) is 10.7. The minimum absolute atomic E-state index is 0.259. The van der Waals surface area contributed by atoms with Crippen LogP contribution in [0.2, 0.25) is 5.02 Å². The van der Waals surface area contributed by atoms with Crippen molar-refractivity contribution >= 4 is 28.7 Å². The molecule has 5 heterocycles. The minimum Gasteiger partial charge on any atom is -0.360 e. The number of nitrogens with zero attached hydrogens (tertiary/aromatic N) is 3. The van der Waals surface area contributed by atoms with Gasteiger partial charge in [0.1, 0.15) is 0 Å². The van der Waals surface area contributed by atoms with Gasteiger partial charge in [-0.2, -0.15) is 0 Å². The maximum absolute atomic E-state index is 6.08. The van der Waals surface area contributed by atoms with E-state index in [1.165, 1.54) is 31.6 Å². The van der Waals surface area contributed by atoms with Crippen molar-refractivity contribution in [3.63, 3.8) is 0 Å². The molecule has 0 radical (unpaired) electrons. The van der Waals surface area contributed by atoms with Crippen molar-refractivity contribution in [3.8, 4) is 0 Å². The molecular weight excluding hydrogens is 320 g/mol. The third-order valence-electron chi connectivity index (χ3n) is 6.10. The van der Waals surface area contributed by atoms with Crippen LogP contribution >= 0.6 is 11.6 Å². The van der Waals surface area contributed by atoms with Crippen molar-refractivity contribution in [3.05, 3.63) is 35.0 Å². The number of halogens is 1. The van der Waals surface area contributed by atoms with E-state index in [4.69, 9.17) is 16.6 Å². The number of nitrogens with one attached hydrogen (secondary N) is 1. The summed E-state index contributed by atoms with van der Waals surface area (Å²) in [5.74, 6) is 0.